The Hall–Kier alpha value is 0.650. The largest absolute Gasteiger partial charge is 1.00 e. The van der Waals surface area contributed by atoms with Gasteiger partial charge in [0.1, 0.15) is 0 Å². The van der Waals surface area contributed by atoms with E-state index in [1.807, 2.05) is 0 Å². The highest BCUT2D eigenvalue weighted by Crippen LogP contribution is 2.11. The van der Waals surface area contributed by atoms with Crippen molar-refractivity contribution in [2.45, 2.75) is 18.9 Å². The van der Waals surface area contributed by atoms with Gasteiger partial charge in [0.05, 0.1) is 27.2 Å². The predicted octanol–water partition coefficient (Wildman–Crippen LogP) is -2.81. The zero-order chi connectivity index (χ0) is 6.91. The minimum Gasteiger partial charge on any atom is -1.00 e. The molecular formula is C7H17IN2. The molecule has 0 atom stereocenters. The van der Waals surface area contributed by atoms with E-state index < -0.39 is 0 Å². The minimum absolute atomic E-state index is 0. The van der Waals surface area contributed by atoms with Gasteiger partial charge in [-0.2, -0.15) is 0 Å². The second-order valence-corrected chi connectivity index (χ2v) is 3.72. The maximum atomic E-state index is 5.75. The Bertz CT molecular complexity index is 93.8. The lowest BCUT2D eigenvalue weighted by Gasteiger charge is -2.35. The molecule has 10 heavy (non-hydrogen) atoms. The first-order valence-electron chi connectivity index (χ1n) is 3.68. The van der Waals surface area contributed by atoms with Crippen LogP contribution in [0.4, 0.5) is 0 Å². The van der Waals surface area contributed by atoms with Crippen LogP contribution in [0.15, 0.2) is 0 Å². The molecule has 1 aliphatic rings. The third-order valence-electron chi connectivity index (χ3n) is 2.21. The molecule has 2 nitrogen and oxygen atoms in total. The summed E-state index contributed by atoms with van der Waals surface area (Å²) >= 11 is 0. The first-order chi connectivity index (χ1) is 4.10. The van der Waals surface area contributed by atoms with Crippen molar-refractivity contribution in [1.29, 1.82) is 0 Å². The highest BCUT2D eigenvalue weighted by molar-refractivity contribution is 4.64. The van der Waals surface area contributed by atoms with Crippen molar-refractivity contribution in [2.75, 3.05) is 27.2 Å². The molecule has 1 rings (SSSR count). The molecule has 1 aliphatic heterocycles. The fourth-order valence-corrected chi connectivity index (χ4v) is 1.29. The van der Waals surface area contributed by atoms with Crippen molar-refractivity contribution in [3.63, 3.8) is 0 Å². The van der Waals surface area contributed by atoms with Crippen LogP contribution in [0, 0.1) is 0 Å². The smallest absolute Gasteiger partial charge is 0.0797 e. The second kappa shape index (κ2) is 3.88. The van der Waals surface area contributed by atoms with Gasteiger partial charge >= 0.3 is 0 Å². The van der Waals surface area contributed by atoms with Crippen LogP contribution in [0.25, 0.3) is 0 Å². The summed E-state index contributed by atoms with van der Waals surface area (Å²) in [4.78, 5) is 0. The van der Waals surface area contributed by atoms with Gasteiger partial charge in [0.25, 0.3) is 0 Å². The molecule has 1 fully saturated rings. The fourth-order valence-electron chi connectivity index (χ4n) is 1.29. The number of likely N-dealkylation sites (tertiary alicyclic amines) is 1. The summed E-state index contributed by atoms with van der Waals surface area (Å²) in [5, 5.41) is 0. The summed E-state index contributed by atoms with van der Waals surface area (Å²) in [6.45, 7) is 2.50. The average molecular weight is 256 g/mol. The number of hydrogen-bond acceptors (Lipinski definition) is 1. The van der Waals surface area contributed by atoms with Gasteiger partial charge in [0, 0.05) is 18.9 Å². The Morgan fingerprint density at radius 2 is 1.60 bits per heavy atom. The monoisotopic (exact) mass is 256 g/mol. The number of piperidine rings is 1. The van der Waals surface area contributed by atoms with Crippen molar-refractivity contribution in [2.24, 2.45) is 5.73 Å². The lowest BCUT2D eigenvalue weighted by atomic mass is 10.1. The topological polar surface area (TPSA) is 26.0 Å². The van der Waals surface area contributed by atoms with Gasteiger partial charge in [-0.3, -0.25) is 0 Å². The van der Waals surface area contributed by atoms with Crippen LogP contribution in [-0.2, 0) is 0 Å². The lowest BCUT2D eigenvalue weighted by Crippen LogP contribution is -3.00. The molecule has 0 spiro atoms. The lowest BCUT2D eigenvalue weighted by molar-refractivity contribution is -0.895. The SMILES string of the molecule is C[N+]1(C)CCC(N)CC1.[I-]. The van der Waals surface area contributed by atoms with E-state index in [0.29, 0.717) is 6.04 Å². The van der Waals surface area contributed by atoms with E-state index in [1.165, 1.54) is 25.9 Å². The number of nitrogens with zero attached hydrogens (tertiary/aromatic N) is 1. The first kappa shape index (κ1) is 10.7. The van der Waals surface area contributed by atoms with Gasteiger partial charge in [-0.1, -0.05) is 0 Å². The third kappa shape index (κ3) is 3.16. The van der Waals surface area contributed by atoms with Gasteiger partial charge in [0.15, 0.2) is 0 Å². The molecule has 0 aromatic rings. The summed E-state index contributed by atoms with van der Waals surface area (Å²) in [7, 11) is 4.54. The molecule has 1 heterocycles. The quantitative estimate of drug-likeness (QED) is 0.367. The van der Waals surface area contributed by atoms with Gasteiger partial charge in [-0.05, 0) is 0 Å². The summed E-state index contributed by atoms with van der Waals surface area (Å²) in [6, 6.07) is 0.483. The number of hydrogen-bond donors (Lipinski definition) is 1. The normalized spacial score (nSPS) is 25.5. The molecule has 62 valence electrons. The molecule has 0 aromatic carbocycles. The maximum absolute atomic E-state index is 5.75. The number of quaternary nitrogens is 1. The summed E-state index contributed by atoms with van der Waals surface area (Å²) in [5.74, 6) is 0. The molecule has 0 saturated carbocycles. The summed E-state index contributed by atoms with van der Waals surface area (Å²) in [5.41, 5.74) is 5.75. The van der Waals surface area contributed by atoms with Crippen molar-refractivity contribution in [1.82, 2.24) is 0 Å². The van der Waals surface area contributed by atoms with Crippen molar-refractivity contribution >= 4 is 0 Å². The van der Waals surface area contributed by atoms with Gasteiger partial charge in [0.2, 0.25) is 0 Å². The molecular weight excluding hydrogens is 239 g/mol. The standard InChI is InChI=1S/C7H17N2.HI/c1-9(2)5-3-7(8)4-6-9;/h7H,3-6,8H2,1-2H3;1H/q+1;/p-1. The van der Waals surface area contributed by atoms with Crippen LogP contribution in [0.2, 0.25) is 0 Å². The van der Waals surface area contributed by atoms with Crippen LogP contribution in [0.5, 0.6) is 0 Å². The average Bonchev–Trinajstić information content (AvgIpc) is 1.78. The molecule has 0 aliphatic carbocycles. The molecule has 3 heteroatoms. The van der Waals surface area contributed by atoms with Crippen LogP contribution < -0.4 is 29.7 Å². The van der Waals surface area contributed by atoms with Crippen LogP contribution >= 0.6 is 0 Å². The van der Waals surface area contributed by atoms with E-state index in [0.717, 1.165) is 4.48 Å². The molecule has 1 saturated heterocycles. The Kier molecular flexibility index (Phi) is 4.13. The van der Waals surface area contributed by atoms with Crippen molar-refractivity contribution < 1.29 is 28.5 Å². The zero-order valence-electron chi connectivity index (χ0n) is 6.81. The second-order valence-electron chi connectivity index (χ2n) is 3.72. The van der Waals surface area contributed by atoms with E-state index in [1.54, 1.807) is 0 Å². The number of nitrogens with two attached hydrogens (primary N) is 1. The number of halogens is 1. The van der Waals surface area contributed by atoms with Gasteiger partial charge in [-0.15, -0.1) is 0 Å². The maximum Gasteiger partial charge on any atom is 0.0797 e. The molecule has 0 radical (unpaired) electrons. The van der Waals surface area contributed by atoms with Gasteiger partial charge in [-0.25, -0.2) is 0 Å². The molecule has 0 unspecified atom stereocenters. The summed E-state index contributed by atoms with van der Waals surface area (Å²) < 4.78 is 1.16. The van der Waals surface area contributed by atoms with Crippen molar-refractivity contribution in [3.8, 4) is 0 Å². The van der Waals surface area contributed by atoms with E-state index in [4.69, 9.17) is 5.73 Å². The third-order valence-corrected chi connectivity index (χ3v) is 2.21. The number of rotatable bonds is 0. The summed E-state index contributed by atoms with van der Waals surface area (Å²) in [6.07, 6.45) is 2.40. The Balaban J connectivity index is 0.000000810. The first-order valence-corrected chi connectivity index (χ1v) is 3.68. The highest BCUT2D eigenvalue weighted by atomic mass is 127. The molecule has 0 amide bonds. The Morgan fingerprint density at radius 1 is 1.20 bits per heavy atom. The molecule has 2 N–H and O–H groups in total. The highest BCUT2D eigenvalue weighted by Gasteiger charge is 2.23. The minimum atomic E-state index is 0. The van der Waals surface area contributed by atoms with Crippen LogP contribution in [0.3, 0.4) is 0 Å². The molecule has 0 aromatic heterocycles. The van der Waals surface area contributed by atoms with Crippen LogP contribution in [0.1, 0.15) is 12.8 Å². The van der Waals surface area contributed by atoms with E-state index in [-0.39, 0.29) is 24.0 Å². The van der Waals surface area contributed by atoms with Crippen LogP contribution in [-0.4, -0.2) is 37.7 Å². The van der Waals surface area contributed by atoms with Crippen molar-refractivity contribution in [3.05, 3.63) is 0 Å². The fraction of sp³-hybridized carbons (Fsp3) is 1.00. The predicted molar refractivity (Wildman–Crippen MR) is 39.1 cm³/mol. The molecule has 0 bridgehead atoms. The van der Waals surface area contributed by atoms with E-state index >= 15 is 0 Å². The van der Waals surface area contributed by atoms with E-state index in [9.17, 15) is 0 Å². The Morgan fingerprint density at radius 3 is 1.90 bits per heavy atom. The van der Waals surface area contributed by atoms with Gasteiger partial charge < -0.3 is 34.2 Å². The zero-order valence-corrected chi connectivity index (χ0v) is 8.97. The Labute approximate surface area is 80.4 Å². The van der Waals surface area contributed by atoms with E-state index in [2.05, 4.69) is 14.1 Å².